The van der Waals surface area contributed by atoms with Crippen LogP contribution >= 0.6 is 0 Å². The summed E-state index contributed by atoms with van der Waals surface area (Å²) in [5.74, 6) is 1.86. The molecule has 0 amide bonds. The fourth-order valence-corrected chi connectivity index (χ4v) is 3.10. The number of aromatic nitrogens is 3. The molecule has 2 rings (SSSR count). The summed E-state index contributed by atoms with van der Waals surface area (Å²) in [6.07, 6.45) is 5.17. The molecular weight excluding hydrogens is 306 g/mol. The van der Waals surface area contributed by atoms with Gasteiger partial charge in [0, 0.05) is 52.8 Å². The highest BCUT2D eigenvalue weighted by molar-refractivity contribution is 5.79. The molecule has 136 valence electrons. The molecule has 8 heteroatoms. The lowest BCUT2D eigenvalue weighted by Crippen LogP contribution is -2.46. The van der Waals surface area contributed by atoms with E-state index in [0.29, 0.717) is 6.04 Å². The Morgan fingerprint density at radius 1 is 1.42 bits per heavy atom. The topological polar surface area (TPSA) is 79.6 Å². The minimum absolute atomic E-state index is 0.559. The van der Waals surface area contributed by atoms with Crippen LogP contribution in [0.3, 0.4) is 0 Å². The van der Waals surface area contributed by atoms with Crippen LogP contribution in [-0.4, -0.2) is 78.6 Å². The van der Waals surface area contributed by atoms with E-state index in [-0.39, 0.29) is 0 Å². The summed E-state index contributed by atoms with van der Waals surface area (Å²) in [7, 11) is 3.57. The first kappa shape index (κ1) is 18.7. The van der Waals surface area contributed by atoms with E-state index in [0.717, 1.165) is 57.5 Å². The Labute approximate surface area is 144 Å². The zero-order valence-electron chi connectivity index (χ0n) is 15.2. The van der Waals surface area contributed by atoms with Crippen LogP contribution in [0.5, 0.6) is 0 Å². The zero-order valence-corrected chi connectivity index (χ0v) is 15.2. The molecule has 2 N–H and O–H groups in total. The van der Waals surface area contributed by atoms with Gasteiger partial charge < -0.3 is 19.9 Å². The summed E-state index contributed by atoms with van der Waals surface area (Å²) in [6.45, 7) is 7.59. The highest BCUT2D eigenvalue weighted by atomic mass is 16.5. The summed E-state index contributed by atoms with van der Waals surface area (Å²) in [4.78, 5) is 6.80. The first-order chi connectivity index (χ1) is 11.8. The Balaban J connectivity index is 1.70. The Morgan fingerprint density at radius 3 is 3.04 bits per heavy atom. The van der Waals surface area contributed by atoms with Crippen molar-refractivity contribution in [2.24, 2.45) is 4.99 Å². The molecule has 0 aliphatic carbocycles. The molecule has 1 aliphatic heterocycles. The number of aliphatic imine (C=N–C) groups is 1. The second kappa shape index (κ2) is 10.2. The van der Waals surface area contributed by atoms with Crippen LogP contribution in [0.15, 0.2) is 11.3 Å². The quantitative estimate of drug-likeness (QED) is 0.492. The van der Waals surface area contributed by atoms with Crippen molar-refractivity contribution in [3.63, 3.8) is 0 Å². The van der Waals surface area contributed by atoms with E-state index in [1.54, 1.807) is 13.4 Å². The third-order valence-electron chi connectivity index (χ3n) is 4.47. The van der Waals surface area contributed by atoms with Crippen molar-refractivity contribution in [2.75, 3.05) is 46.9 Å². The fourth-order valence-electron chi connectivity index (χ4n) is 3.10. The maximum absolute atomic E-state index is 5.20. The average molecular weight is 337 g/mol. The highest BCUT2D eigenvalue weighted by Gasteiger charge is 2.23. The van der Waals surface area contributed by atoms with E-state index >= 15 is 0 Å². The Kier molecular flexibility index (Phi) is 7.97. The minimum Gasteiger partial charge on any atom is -0.383 e. The molecule has 1 aromatic heterocycles. The maximum Gasteiger partial charge on any atom is 0.191 e. The smallest absolute Gasteiger partial charge is 0.191 e. The Bertz CT molecular complexity index is 502. The van der Waals surface area contributed by atoms with Gasteiger partial charge in [-0.05, 0) is 19.4 Å². The summed E-state index contributed by atoms with van der Waals surface area (Å²) >= 11 is 0. The lowest BCUT2D eigenvalue weighted by Gasteiger charge is -2.25. The van der Waals surface area contributed by atoms with Gasteiger partial charge in [0.25, 0.3) is 0 Å². The molecule has 2 heterocycles. The molecule has 0 saturated carbocycles. The second-order valence-electron chi connectivity index (χ2n) is 6.00. The average Bonchev–Trinajstić information content (AvgIpc) is 3.24. The third-order valence-corrected chi connectivity index (χ3v) is 4.47. The number of methoxy groups -OCH3 is 1. The van der Waals surface area contributed by atoms with Crippen LogP contribution in [0.2, 0.25) is 0 Å². The predicted octanol–water partition coefficient (Wildman–Crippen LogP) is 0.116. The van der Waals surface area contributed by atoms with Crippen LogP contribution in [0.25, 0.3) is 0 Å². The molecule has 1 atom stereocenters. The molecule has 24 heavy (non-hydrogen) atoms. The zero-order chi connectivity index (χ0) is 17.2. The van der Waals surface area contributed by atoms with Crippen molar-refractivity contribution in [1.82, 2.24) is 30.3 Å². The van der Waals surface area contributed by atoms with Crippen molar-refractivity contribution in [2.45, 2.75) is 38.8 Å². The third kappa shape index (κ3) is 5.45. The van der Waals surface area contributed by atoms with Gasteiger partial charge in [-0.25, -0.2) is 0 Å². The Hall–Kier alpha value is -1.67. The monoisotopic (exact) mass is 337 g/mol. The van der Waals surface area contributed by atoms with Gasteiger partial charge in [0.2, 0.25) is 0 Å². The van der Waals surface area contributed by atoms with E-state index in [2.05, 4.69) is 42.2 Å². The number of hydrogen-bond donors (Lipinski definition) is 2. The van der Waals surface area contributed by atoms with Crippen molar-refractivity contribution in [3.8, 4) is 0 Å². The van der Waals surface area contributed by atoms with Gasteiger partial charge in [-0.3, -0.25) is 9.89 Å². The maximum atomic E-state index is 5.20. The van der Waals surface area contributed by atoms with E-state index in [1.807, 2.05) is 7.05 Å². The first-order valence-corrected chi connectivity index (χ1v) is 8.82. The van der Waals surface area contributed by atoms with E-state index < -0.39 is 0 Å². The summed E-state index contributed by atoms with van der Waals surface area (Å²) in [5, 5.41) is 14.9. The number of nitrogens with zero attached hydrogens (tertiary/aromatic N) is 5. The lowest BCUT2D eigenvalue weighted by molar-refractivity contribution is 0.141. The van der Waals surface area contributed by atoms with Crippen molar-refractivity contribution in [3.05, 3.63) is 12.2 Å². The summed E-state index contributed by atoms with van der Waals surface area (Å²) < 4.78 is 7.27. The van der Waals surface area contributed by atoms with Crippen LogP contribution < -0.4 is 10.6 Å². The molecule has 1 saturated heterocycles. The molecule has 1 fully saturated rings. The SMILES string of the molecule is CCc1nncn1CCNC(=NC)NCC1CCCN1CCOC. The molecule has 0 spiro atoms. The number of likely N-dealkylation sites (tertiary alicyclic amines) is 1. The fraction of sp³-hybridized carbons (Fsp3) is 0.812. The molecule has 0 aromatic carbocycles. The molecule has 8 nitrogen and oxygen atoms in total. The lowest BCUT2D eigenvalue weighted by atomic mass is 10.2. The normalized spacial score (nSPS) is 19.0. The van der Waals surface area contributed by atoms with Crippen molar-refractivity contribution < 1.29 is 4.74 Å². The number of aryl methyl sites for hydroxylation is 1. The van der Waals surface area contributed by atoms with Gasteiger partial charge in [-0.15, -0.1) is 10.2 Å². The van der Waals surface area contributed by atoms with E-state index in [9.17, 15) is 0 Å². The standard InChI is InChI=1S/C16H31N7O/c1-4-15-21-20-13-23(15)9-7-18-16(17-2)19-12-14-6-5-8-22(14)10-11-24-3/h13-14H,4-12H2,1-3H3,(H2,17,18,19). The molecule has 0 bridgehead atoms. The van der Waals surface area contributed by atoms with Gasteiger partial charge in [-0.1, -0.05) is 6.92 Å². The molecule has 1 unspecified atom stereocenters. The van der Waals surface area contributed by atoms with Gasteiger partial charge in [-0.2, -0.15) is 0 Å². The van der Waals surface area contributed by atoms with Gasteiger partial charge >= 0.3 is 0 Å². The number of nitrogens with one attached hydrogen (secondary N) is 2. The van der Waals surface area contributed by atoms with E-state index in [1.165, 1.54) is 12.8 Å². The van der Waals surface area contributed by atoms with Crippen molar-refractivity contribution >= 4 is 5.96 Å². The van der Waals surface area contributed by atoms with Crippen LogP contribution in [0.4, 0.5) is 0 Å². The number of guanidine groups is 1. The predicted molar refractivity (Wildman–Crippen MR) is 95.2 cm³/mol. The van der Waals surface area contributed by atoms with Crippen LogP contribution in [0, 0.1) is 0 Å². The number of hydrogen-bond acceptors (Lipinski definition) is 5. The van der Waals surface area contributed by atoms with Gasteiger partial charge in [0.15, 0.2) is 5.96 Å². The molecule has 1 aromatic rings. The summed E-state index contributed by atoms with van der Waals surface area (Å²) in [5.41, 5.74) is 0. The van der Waals surface area contributed by atoms with Crippen LogP contribution in [0.1, 0.15) is 25.6 Å². The van der Waals surface area contributed by atoms with Gasteiger partial charge in [0.05, 0.1) is 6.61 Å². The highest BCUT2D eigenvalue weighted by Crippen LogP contribution is 2.15. The van der Waals surface area contributed by atoms with Crippen molar-refractivity contribution in [1.29, 1.82) is 0 Å². The largest absolute Gasteiger partial charge is 0.383 e. The first-order valence-electron chi connectivity index (χ1n) is 8.82. The van der Waals surface area contributed by atoms with E-state index in [4.69, 9.17) is 4.74 Å². The minimum atomic E-state index is 0.559. The molecule has 1 aliphatic rings. The number of rotatable bonds is 9. The second-order valence-corrected chi connectivity index (χ2v) is 6.00. The Morgan fingerprint density at radius 2 is 2.29 bits per heavy atom. The van der Waals surface area contributed by atoms with Crippen LogP contribution in [-0.2, 0) is 17.7 Å². The summed E-state index contributed by atoms with van der Waals surface area (Å²) in [6, 6.07) is 0.559. The number of ether oxygens (including phenoxy) is 1. The molecule has 0 radical (unpaired) electrons. The van der Waals surface area contributed by atoms with Gasteiger partial charge in [0.1, 0.15) is 12.2 Å². The molecular formula is C16H31N7O.